The fraction of sp³-hybridized carbons (Fsp3) is 0. The molecule has 296 valence electrons. The Hall–Kier alpha value is -7.30. The standard InChI is InChI=1S/C48H30N3.C12H8.Y/c1-6-16-43-37(11-1)38-12-2-7-17-44(38)49(43)34-25-21-32(22-26-34)33-23-27-35(28-24-33)50-45-18-8-5-15-41(45)42-30-29-36(31-48(42)50)51-46-19-9-3-13-39(46)40-14-4-10-20-47(40)51;1-3-7-11(8-4-1)12-9-5-2-6-10-12;/h1-6,8-31H;1-7,9H;/q-1;-2;+3. The van der Waals surface area contributed by atoms with Crippen molar-refractivity contribution < 1.29 is 32.7 Å². The number of fused-ring (bicyclic) bond motifs is 9. The summed E-state index contributed by atoms with van der Waals surface area (Å²) in [6, 6.07) is 91.3. The molecule has 13 rings (SSSR count). The molecule has 0 amide bonds. The monoisotopic (exact) mass is 889 g/mol. The van der Waals surface area contributed by atoms with Crippen LogP contribution in [0.15, 0.2) is 231 Å². The fourth-order valence-electron chi connectivity index (χ4n) is 9.44. The first kappa shape index (κ1) is 39.5. The Morgan fingerprint density at radius 2 is 0.656 bits per heavy atom. The molecule has 0 saturated carbocycles. The van der Waals surface area contributed by atoms with Crippen LogP contribution in [0, 0.1) is 18.2 Å². The number of hydrogen-bond acceptors (Lipinski definition) is 0. The predicted molar refractivity (Wildman–Crippen MR) is 263 cm³/mol. The molecule has 0 spiro atoms. The molecule has 4 heteroatoms. The normalized spacial score (nSPS) is 11.3. The van der Waals surface area contributed by atoms with Gasteiger partial charge in [0.25, 0.3) is 0 Å². The van der Waals surface area contributed by atoms with Crippen molar-refractivity contribution >= 4 is 65.4 Å². The Morgan fingerprint density at radius 3 is 1.11 bits per heavy atom. The maximum atomic E-state index is 3.28. The quantitative estimate of drug-likeness (QED) is 0.153. The van der Waals surface area contributed by atoms with E-state index in [0.717, 1.165) is 28.2 Å². The summed E-state index contributed by atoms with van der Waals surface area (Å²) in [5.41, 5.74) is 15.2. The first-order valence-corrected chi connectivity index (χ1v) is 21.3. The Balaban J connectivity index is 0.000000305. The molecule has 64 heavy (non-hydrogen) atoms. The van der Waals surface area contributed by atoms with Crippen molar-refractivity contribution in [2.24, 2.45) is 0 Å². The van der Waals surface area contributed by atoms with Crippen LogP contribution in [0.1, 0.15) is 0 Å². The van der Waals surface area contributed by atoms with Gasteiger partial charge in [0.2, 0.25) is 0 Å². The van der Waals surface area contributed by atoms with Crippen molar-refractivity contribution in [3.05, 3.63) is 249 Å². The van der Waals surface area contributed by atoms with Crippen molar-refractivity contribution in [2.75, 3.05) is 0 Å². The molecule has 0 bridgehead atoms. The Kier molecular flexibility index (Phi) is 10.4. The molecule has 0 aliphatic carbocycles. The van der Waals surface area contributed by atoms with Crippen molar-refractivity contribution in [1.82, 2.24) is 13.7 Å². The van der Waals surface area contributed by atoms with E-state index in [1.54, 1.807) is 0 Å². The van der Waals surface area contributed by atoms with E-state index in [1.807, 2.05) is 54.6 Å². The van der Waals surface area contributed by atoms with E-state index in [4.69, 9.17) is 0 Å². The van der Waals surface area contributed by atoms with Crippen LogP contribution in [-0.4, -0.2) is 13.7 Å². The summed E-state index contributed by atoms with van der Waals surface area (Å²) >= 11 is 0. The molecule has 0 radical (unpaired) electrons. The zero-order valence-electron chi connectivity index (χ0n) is 34.9. The van der Waals surface area contributed by atoms with Crippen LogP contribution >= 0.6 is 0 Å². The second-order valence-electron chi connectivity index (χ2n) is 15.9. The molecule has 0 fully saturated rings. The molecular formula is C60H38N3Y. The van der Waals surface area contributed by atoms with Gasteiger partial charge in [-0.2, -0.15) is 72.8 Å². The molecule has 13 aromatic rings. The number of aromatic nitrogens is 3. The minimum atomic E-state index is 0. The second kappa shape index (κ2) is 16.8. The molecule has 3 nitrogen and oxygen atoms in total. The molecule has 0 atom stereocenters. The third-order valence-corrected chi connectivity index (χ3v) is 12.3. The number of rotatable bonds is 5. The topological polar surface area (TPSA) is 14.8 Å². The maximum absolute atomic E-state index is 3.28. The summed E-state index contributed by atoms with van der Waals surface area (Å²) in [7, 11) is 0. The average Bonchev–Trinajstić information content (AvgIpc) is 4.00. The smallest absolute Gasteiger partial charge is 0.364 e. The SMILES string of the molecule is [Y+3].[c-]1ccc2c3ccccc3n(-c3ccc(-c4ccc(-n5c6ccccc6c6ccc(-n7c8ccccc8c8ccccc87)cc65)cc4)cc3)c2c1.[c-]1ccccc1-c1[c-]cccc1. The van der Waals surface area contributed by atoms with Gasteiger partial charge in [0, 0.05) is 44.1 Å². The van der Waals surface area contributed by atoms with Gasteiger partial charge in [-0.1, -0.05) is 109 Å². The number of benzene rings is 10. The summed E-state index contributed by atoms with van der Waals surface area (Å²) in [5, 5.41) is 7.54. The van der Waals surface area contributed by atoms with E-state index in [1.165, 1.54) is 76.5 Å². The van der Waals surface area contributed by atoms with Gasteiger partial charge in [-0.3, -0.25) is 0 Å². The molecule has 0 aliphatic heterocycles. The molecule has 10 aromatic carbocycles. The molecule has 0 unspecified atom stereocenters. The summed E-state index contributed by atoms with van der Waals surface area (Å²) in [4.78, 5) is 0. The summed E-state index contributed by atoms with van der Waals surface area (Å²) in [6.07, 6.45) is 0. The Labute approximate surface area is 397 Å². The van der Waals surface area contributed by atoms with Gasteiger partial charge in [0.1, 0.15) is 0 Å². The van der Waals surface area contributed by atoms with Crippen molar-refractivity contribution in [2.45, 2.75) is 0 Å². The predicted octanol–water partition coefficient (Wildman–Crippen LogP) is 15.4. The fourth-order valence-corrected chi connectivity index (χ4v) is 9.44. The van der Waals surface area contributed by atoms with Crippen molar-refractivity contribution in [1.29, 1.82) is 0 Å². The van der Waals surface area contributed by atoms with E-state index >= 15 is 0 Å². The van der Waals surface area contributed by atoms with Crippen LogP contribution in [-0.2, 0) is 32.7 Å². The Bertz CT molecular complexity index is 3620. The van der Waals surface area contributed by atoms with Gasteiger partial charge < -0.3 is 13.7 Å². The molecule has 0 saturated heterocycles. The molecule has 3 heterocycles. The van der Waals surface area contributed by atoms with Crippen LogP contribution in [0.5, 0.6) is 0 Å². The minimum absolute atomic E-state index is 0. The maximum Gasteiger partial charge on any atom is 3.00 e. The molecule has 3 aromatic heterocycles. The van der Waals surface area contributed by atoms with E-state index in [0.29, 0.717) is 0 Å². The van der Waals surface area contributed by atoms with Gasteiger partial charge in [0.05, 0.1) is 22.1 Å². The molecule has 0 N–H and O–H groups in total. The van der Waals surface area contributed by atoms with Gasteiger partial charge in [-0.05, 0) is 77.2 Å². The van der Waals surface area contributed by atoms with Gasteiger partial charge >= 0.3 is 32.7 Å². The summed E-state index contributed by atoms with van der Waals surface area (Å²) < 4.78 is 7.15. The van der Waals surface area contributed by atoms with E-state index in [9.17, 15) is 0 Å². The van der Waals surface area contributed by atoms with Gasteiger partial charge in [-0.15, -0.1) is 17.5 Å². The van der Waals surface area contributed by atoms with Crippen LogP contribution in [0.3, 0.4) is 0 Å². The van der Waals surface area contributed by atoms with E-state index in [2.05, 4.69) is 208 Å². The van der Waals surface area contributed by atoms with Crippen molar-refractivity contribution in [3.8, 4) is 39.3 Å². The average molecular weight is 890 g/mol. The third-order valence-electron chi connectivity index (χ3n) is 12.3. The Morgan fingerprint density at radius 1 is 0.281 bits per heavy atom. The largest absolute Gasteiger partial charge is 3.00 e. The minimum Gasteiger partial charge on any atom is -0.364 e. The van der Waals surface area contributed by atoms with Crippen molar-refractivity contribution in [3.63, 3.8) is 0 Å². The molecular weight excluding hydrogens is 852 g/mol. The van der Waals surface area contributed by atoms with Crippen LogP contribution in [0.25, 0.3) is 105 Å². The second-order valence-corrected chi connectivity index (χ2v) is 15.9. The summed E-state index contributed by atoms with van der Waals surface area (Å²) in [6.45, 7) is 0. The zero-order chi connectivity index (χ0) is 41.7. The van der Waals surface area contributed by atoms with Gasteiger partial charge in [-0.25, -0.2) is 11.1 Å². The van der Waals surface area contributed by atoms with Gasteiger partial charge in [0.15, 0.2) is 0 Å². The third kappa shape index (κ3) is 6.77. The number of nitrogens with zero attached hydrogens (tertiary/aromatic N) is 3. The van der Waals surface area contributed by atoms with Crippen LogP contribution in [0.2, 0.25) is 0 Å². The first-order chi connectivity index (χ1) is 31.3. The number of para-hydroxylation sites is 4. The first-order valence-electron chi connectivity index (χ1n) is 21.3. The summed E-state index contributed by atoms with van der Waals surface area (Å²) in [5.74, 6) is 0. The molecule has 0 aliphatic rings. The van der Waals surface area contributed by atoms with Crippen LogP contribution < -0.4 is 0 Å². The van der Waals surface area contributed by atoms with Crippen LogP contribution in [0.4, 0.5) is 0 Å². The zero-order valence-corrected chi connectivity index (χ0v) is 37.7. The van der Waals surface area contributed by atoms with E-state index in [-0.39, 0.29) is 32.7 Å². The van der Waals surface area contributed by atoms with E-state index < -0.39 is 0 Å². The number of hydrogen-bond donors (Lipinski definition) is 0.